The van der Waals surface area contributed by atoms with E-state index in [4.69, 9.17) is 13.6 Å². The van der Waals surface area contributed by atoms with Crippen LogP contribution in [0.2, 0.25) is 0 Å². The van der Waals surface area contributed by atoms with Crippen LogP contribution >= 0.6 is 0 Å². The number of hydrogen-bond donors (Lipinski definition) is 2. The lowest BCUT2D eigenvalue weighted by molar-refractivity contribution is -0.141. The number of carbonyl (C=O) groups is 3. The molecule has 0 aliphatic heterocycles. The highest BCUT2D eigenvalue weighted by Crippen LogP contribution is 2.25. The van der Waals surface area contributed by atoms with Crippen LogP contribution in [0.1, 0.15) is 39.0 Å². The summed E-state index contributed by atoms with van der Waals surface area (Å²) in [7, 11) is 1.57. The van der Waals surface area contributed by atoms with Crippen molar-refractivity contribution < 1.29 is 28.0 Å². The number of ether oxygens (including phenoxy) is 1. The fourth-order valence-corrected chi connectivity index (χ4v) is 3.91. The molecule has 0 unspecified atom stereocenters. The third-order valence-corrected chi connectivity index (χ3v) is 5.95. The van der Waals surface area contributed by atoms with Crippen molar-refractivity contribution in [1.29, 1.82) is 0 Å². The minimum Gasteiger partial charge on any atom is -0.497 e. The maximum atomic E-state index is 13.6. The first kappa shape index (κ1) is 26.3. The van der Waals surface area contributed by atoms with Crippen molar-refractivity contribution in [2.75, 3.05) is 13.7 Å². The molecule has 1 atom stereocenters. The van der Waals surface area contributed by atoms with E-state index < -0.39 is 17.9 Å². The Hall–Kier alpha value is -4.79. The fourth-order valence-electron chi connectivity index (χ4n) is 3.91. The van der Waals surface area contributed by atoms with Gasteiger partial charge >= 0.3 is 0 Å². The summed E-state index contributed by atoms with van der Waals surface area (Å²) in [5.41, 5.74) is 2.43. The molecule has 9 heteroatoms. The molecular weight excluding hydrogens is 486 g/mol. The monoisotopic (exact) mass is 515 g/mol. The summed E-state index contributed by atoms with van der Waals surface area (Å²) in [6, 6.07) is 20.3. The highest BCUT2D eigenvalue weighted by molar-refractivity contribution is 5.95. The number of nitrogens with zero attached hydrogens (tertiary/aromatic N) is 1. The zero-order chi connectivity index (χ0) is 26.9. The van der Waals surface area contributed by atoms with Crippen molar-refractivity contribution in [3.05, 3.63) is 114 Å². The number of hydrogen-bond acceptors (Lipinski definition) is 6. The summed E-state index contributed by atoms with van der Waals surface area (Å²) < 4.78 is 15.7. The Morgan fingerprint density at radius 3 is 2.24 bits per heavy atom. The second-order valence-electron chi connectivity index (χ2n) is 8.64. The number of amides is 3. The zero-order valence-corrected chi connectivity index (χ0v) is 21.2. The van der Waals surface area contributed by atoms with E-state index >= 15 is 0 Å². The van der Waals surface area contributed by atoms with Gasteiger partial charge in [-0.3, -0.25) is 14.4 Å². The molecule has 196 valence electrons. The summed E-state index contributed by atoms with van der Waals surface area (Å²) in [4.78, 5) is 41.1. The molecule has 0 saturated heterocycles. The lowest BCUT2D eigenvalue weighted by Crippen LogP contribution is -2.46. The van der Waals surface area contributed by atoms with E-state index in [1.165, 1.54) is 23.5 Å². The van der Waals surface area contributed by atoms with Gasteiger partial charge in [0.1, 0.15) is 17.6 Å². The number of aryl methyl sites for hydroxylation is 1. The SMILES string of the molecule is COc1ccc(CN(C(=O)CNC(=O)c2ccco2)[C@H](C(=O)NCc2ccco2)c2ccc(C)cc2)cc1. The van der Waals surface area contributed by atoms with Gasteiger partial charge in [-0.05, 0) is 54.4 Å². The second-order valence-corrected chi connectivity index (χ2v) is 8.64. The molecule has 4 aromatic rings. The van der Waals surface area contributed by atoms with Gasteiger partial charge in [0.25, 0.3) is 5.91 Å². The number of carbonyl (C=O) groups excluding carboxylic acids is 3. The third kappa shape index (κ3) is 6.70. The summed E-state index contributed by atoms with van der Waals surface area (Å²) in [5, 5.41) is 5.46. The lowest BCUT2D eigenvalue weighted by atomic mass is 10.0. The lowest BCUT2D eigenvalue weighted by Gasteiger charge is -2.32. The number of nitrogens with one attached hydrogen (secondary N) is 2. The van der Waals surface area contributed by atoms with Crippen LogP contribution in [0.15, 0.2) is 94.2 Å². The fraction of sp³-hybridized carbons (Fsp3) is 0.207. The van der Waals surface area contributed by atoms with E-state index in [-0.39, 0.29) is 31.3 Å². The van der Waals surface area contributed by atoms with Gasteiger partial charge in [0.2, 0.25) is 11.8 Å². The Morgan fingerprint density at radius 2 is 1.61 bits per heavy atom. The third-order valence-electron chi connectivity index (χ3n) is 5.95. The van der Waals surface area contributed by atoms with Crippen LogP contribution < -0.4 is 15.4 Å². The van der Waals surface area contributed by atoms with Crippen molar-refractivity contribution in [2.45, 2.75) is 26.1 Å². The number of methoxy groups -OCH3 is 1. The van der Waals surface area contributed by atoms with Crippen molar-refractivity contribution in [2.24, 2.45) is 0 Å². The van der Waals surface area contributed by atoms with Crippen molar-refractivity contribution in [3.63, 3.8) is 0 Å². The molecule has 4 rings (SSSR count). The quantitative estimate of drug-likeness (QED) is 0.312. The van der Waals surface area contributed by atoms with Gasteiger partial charge in [-0.2, -0.15) is 0 Å². The van der Waals surface area contributed by atoms with E-state index in [1.807, 2.05) is 43.3 Å². The molecule has 38 heavy (non-hydrogen) atoms. The topological polar surface area (TPSA) is 114 Å². The molecule has 0 saturated carbocycles. The first-order valence-electron chi connectivity index (χ1n) is 12.1. The van der Waals surface area contributed by atoms with E-state index in [9.17, 15) is 14.4 Å². The molecule has 0 fully saturated rings. The number of rotatable bonds is 11. The van der Waals surface area contributed by atoms with E-state index in [1.54, 1.807) is 37.4 Å². The Bertz CT molecular complexity index is 1330. The van der Waals surface area contributed by atoms with Crippen LogP contribution in [0.4, 0.5) is 0 Å². The normalized spacial score (nSPS) is 11.4. The van der Waals surface area contributed by atoms with Gasteiger partial charge in [0.15, 0.2) is 5.76 Å². The predicted molar refractivity (Wildman–Crippen MR) is 139 cm³/mol. The summed E-state index contributed by atoms with van der Waals surface area (Å²) in [5.74, 6) is -0.0139. The maximum Gasteiger partial charge on any atom is 0.287 e. The molecule has 9 nitrogen and oxygen atoms in total. The Morgan fingerprint density at radius 1 is 0.895 bits per heavy atom. The molecule has 0 spiro atoms. The average molecular weight is 516 g/mol. The molecule has 0 radical (unpaired) electrons. The van der Waals surface area contributed by atoms with E-state index in [0.29, 0.717) is 17.1 Å². The van der Waals surface area contributed by atoms with Crippen molar-refractivity contribution in [3.8, 4) is 5.75 Å². The van der Waals surface area contributed by atoms with E-state index in [0.717, 1.165) is 11.1 Å². The van der Waals surface area contributed by atoms with Gasteiger partial charge in [-0.15, -0.1) is 0 Å². The van der Waals surface area contributed by atoms with Gasteiger partial charge in [-0.1, -0.05) is 42.0 Å². The number of benzene rings is 2. The molecule has 2 aromatic carbocycles. The van der Waals surface area contributed by atoms with Crippen LogP contribution in [0.3, 0.4) is 0 Å². The predicted octanol–water partition coefficient (Wildman–Crippen LogP) is 4.01. The first-order chi connectivity index (χ1) is 18.4. The molecule has 3 amide bonds. The molecule has 2 N–H and O–H groups in total. The van der Waals surface area contributed by atoms with Gasteiger partial charge in [0, 0.05) is 6.54 Å². The Balaban J connectivity index is 1.63. The minimum atomic E-state index is -0.972. The summed E-state index contributed by atoms with van der Waals surface area (Å²) >= 11 is 0. The zero-order valence-electron chi connectivity index (χ0n) is 21.2. The van der Waals surface area contributed by atoms with Crippen LogP contribution in [-0.2, 0) is 22.7 Å². The molecular formula is C29H29N3O6. The summed E-state index contributed by atoms with van der Waals surface area (Å²) in [6.45, 7) is 1.89. The minimum absolute atomic E-state index is 0.0887. The summed E-state index contributed by atoms with van der Waals surface area (Å²) in [6.07, 6.45) is 2.91. The highest BCUT2D eigenvalue weighted by atomic mass is 16.5. The van der Waals surface area contributed by atoms with Gasteiger partial charge in [0.05, 0.1) is 32.7 Å². The molecule has 2 aromatic heterocycles. The molecule has 0 bridgehead atoms. The Kier molecular flexibility index (Phi) is 8.61. The Labute approximate surface area is 220 Å². The van der Waals surface area contributed by atoms with Gasteiger partial charge < -0.3 is 29.1 Å². The smallest absolute Gasteiger partial charge is 0.287 e. The first-order valence-corrected chi connectivity index (χ1v) is 12.1. The van der Waals surface area contributed by atoms with Crippen LogP contribution in [0.25, 0.3) is 0 Å². The standard InChI is InChI=1S/C29H29N3O6/c1-20-7-11-22(12-8-20)27(29(35)30-17-24-5-3-15-37-24)32(19-21-9-13-23(36-2)14-10-21)26(33)18-31-28(34)25-6-4-16-38-25/h3-16,27H,17-19H2,1-2H3,(H,30,35)(H,31,34)/t27-/m0/s1. The van der Waals surface area contributed by atoms with Crippen LogP contribution in [-0.4, -0.2) is 36.3 Å². The van der Waals surface area contributed by atoms with Crippen molar-refractivity contribution >= 4 is 17.7 Å². The van der Waals surface area contributed by atoms with Crippen LogP contribution in [0, 0.1) is 6.92 Å². The van der Waals surface area contributed by atoms with E-state index in [2.05, 4.69) is 10.6 Å². The average Bonchev–Trinajstić information content (AvgIpc) is 3.66. The van der Waals surface area contributed by atoms with Crippen molar-refractivity contribution in [1.82, 2.24) is 15.5 Å². The van der Waals surface area contributed by atoms with Gasteiger partial charge in [-0.25, -0.2) is 0 Å². The highest BCUT2D eigenvalue weighted by Gasteiger charge is 2.32. The molecule has 0 aliphatic rings. The number of furan rings is 2. The maximum absolute atomic E-state index is 13.6. The second kappa shape index (κ2) is 12.4. The molecule has 0 aliphatic carbocycles. The van der Waals surface area contributed by atoms with Crippen LogP contribution in [0.5, 0.6) is 5.75 Å². The largest absolute Gasteiger partial charge is 0.497 e. The molecule has 2 heterocycles.